The molecule has 0 saturated carbocycles. The van der Waals surface area contributed by atoms with E-state index in [0.717, 1.165) is 23.2 Å². The first-order valence-electron chi connectivity index (χ1n) is 6.26. The average Bonchev–Trinajstić information content (AvgIpc) is 2.40. The Labute approximate surface area is 127 Å². The lowest BCUT2D eigenvalue weighted by molar-refractivity contribution is 0.102. The molecule has 2 aromatic carbocycles. The van der Waals surface area contributed by atoms with Crippen molar-refractivity contribution in [2.45, 2.75) is 20.3 Å². The van der Waals surface area contributed by atoms with Crippen LogP contribution in [-0.2, 0) is 6.42 Å². The van der Waals surface area contributed by atoms with Gasteiger partial charge in [0.25, 0.3) is 5.91 Å². The van der Waals surface area contributed by atoms with Gasteiger partial charge in [-0.2, -0.15) is 0 Å². The predicted molar refractivity (Wildman–Crippen MR) is 87.7 cm³/mol. The summed E-state index contributed by atoms with van der Waals surface area (Å²) in [5, 5.41) is 2.99. The van der Waals surface area contributed by atoms with Gasteiger partial charge in [-0.15, -0.1) is 0 Å². The zero-order valence-electron chi connectivity index (χ0n) is 11.0. The minimum Gasteiger partial charge on any atom is -0.322 e. The molecule has 98 valence electrons. The van der Waals surface area contributed by atoms with Gasteiger partial charge in [-0.1, -0.05) is 24.6 Å². The van der Waals surface area contributed by atoms with E-state index in [1.807, 2.05) is 43.3 Å². The third-order valence-corrected chi connectivity index (χ3v) is 3.65. The molecular formula is C16H16INO. The number of halogens is 1. The summed E-state index contributed by atoms with van der Waals surface area (Å²) in [6.45, 7) is 4.08. The van der Waals surface area contributed by atoms with Crippen molar-refractivity contribution in [3.8, 4) is 0 Å². The number of benzene rings is 2. The van der Waals surface area contributed by atoms with E-state index in [-0.39, 0.29) is 5.91 Å². The second-order valence-electron chi connectivity index (χ2n) is 4.48. The van der Waals surface area contributed by atoms with E-state index < -0.39 is 0 Å². The predicted octanol–water partition coefficient (Wildman–Crippen LogP) is 4.41. The van der Waals surface area contributed by atoms with Crippen LogP contribution in [0.5, 0.6) is 0 Å². The van der Waals surface area contributed by atoms with Gasteiger partial charge in [0.2, 0.25) is 0 Å². The molecule has 0 fully saturated rings. The molecule has 1 N–H and O–H groups in total. The van der Waals surface area contributed by atoms with Gasteiger partial charge in [0, 0.05) is 14.8 Å². The maximum atomic E-state index is 12.2. The Bertz CT molecular complexity index is 607. The SMILES string of the molecule is CCc1cc(I)ccc1NC(=O)c1cccc(C)c1. The zero-order chi connectivity index (χ0) is 13.8. The van der Waals surface area contributed by atoms with E-state index in [9.17, 15) is 4.79 Å². The molecule has 2 rings (SSSR count). The van der Waals surface area contributed by atoms with Gasteiger partial charge >= 0.3 is 0 Å². The topological polar surface area (TPSA) is 29.1 Å². The van der Waals surface area contributed by atoms with E-state index in [2.05, 4.69) is 40.9 Å². The Kier molecular flexibility index (Phi) is 4.58. The molecule has 19 heavy (non-hydrogen) atoms. The number of carbonyl (C=O) groups excluding carboxylic acids is 1. The van der Waals surface area contributed by atoms with Gasteiger partial charge < -0.3 is 5.32 Å². The molecule has 0 spiro atoms. The van der Waals surface area contributed by atoms with Crippen molar-refractivity contribution in [2.75, 3.05) is 5.32 Å². The van der Waals surface area contributed by atoms with Crippen molar-refractivity contribution in [3.05, 3.63) is 62.7 Å². The van der Waals surface area contributed by atoms with E-state index in [1.165, 1.54) is 3.57 Å². The van der Waals surface area contributed by atoms with E-state index in [1.54, 1.807) is 0 Å². The van der Waals surface area contributed by atoms with Crippen molar-refractivity contribution in [1.82, 2.24) is 0 Å². The monoisotopic (exact) mass is 365 g/mol. The summed E-state index contributed by atoms with van der Waals surface area (Å²) in [7, 11) is 0. The fourth-order valence-corrected chi connectivity index (χ4v) is 2.51. The van der Waals surface area contributed by atoms with Crippen LogP contribution in [-0.4, -0.2) is 5.91 Å². The highest BCUT2D eigenvalue weighted by molar-refractivity contribution is 14.1. The van der Waals surface area contributed by atoms with Crippen LogP contribution in [0.2, 0.25) is 0 Å². The minimum atomic E-state index is -0.0559. The van der Waals surface area contributed by atoms with E-state index in [0.29, 0.717) is 5.56 Å². The lowest BCUT2D eigenvalue weighted by Crippen LogP contribution is -2.13. The number of nitrogens with one attached hydrogen (secondary N) is 1. The highest BCUT2D eigenvalue weighted by atomic mass is 127. The van der Waals surface area contributed by atoms with Crippen LogP contribution in [0, 0.1) is 10.5 Å². The number of hydrogen-bond donors (Lipinski definition) is 1. The first-order chi connectivity index (χ1) is 9.10. The lowest BCUT2D eigenvalue weighted by Gasteiger charge is -2.10. The fourth-order valence-electron chi connectivity index (χ4n) is 1.96. The molecule has 1 amide bonds. The summed E-state index contributed by atoms with van der Waals surface area (Å²) in [6, 6.07) is 13.7. The van der Waals surface area contributed by atoms with Crippen LogP contribution in [0.3, 0.4) is 0 Å². The molecule has 2 aromatic rings. The van der Waals surface area contributed by atoms with Crippen LogP contribution in [0.25, 0.3) is 0 Å². The Hall–Kier alpha value is -1.36. The van der Waals surface area contributed by atoms with E-state index in [4.69, 9.17) is 0 Å². The molecule has 0 aromatic heterocycles. The Morgan fingerprint density at radius 3 is 2.68 bits per heavy atom. The summed E-state index contributed by atoms with van der Waals surface area (Å²) in [6.07, 6.45) is 0.903. The van der Waals surface area contributed by atoms with Gasteiger partial charge in [-0.25, -0.2) is 0 Å². The zero-order valence-corrected chi connectivity index (χ0v) is 13.2. The number of rotatable bonds is 3. The highest BCUT2D eigenvalue weighted by Gasteiger charge is 2.08. The molecule has 2 nitrogen and oxygen atoms in total. The maximum Gasteiger partial charge on any atom is 0.255 e. The number of carbonyl (C=O) groups is 1. The summed E-state index contributed by atoms with van der Waals surface area (Å²) < 4.78 is 1.18. The van der Waals surface area contributed by atoms with Gasteiger partial charge in [-0.05, 0) is 71.8 Å². The van der Waals surface area contributed by atoms with Crippen LogP contribution in [0.1, 0.15) is 28.4 Å². The van der Waals surface area contributed by atoms with Gasteiger partial charge in [0.15, 0.2) is 0 Å². The number of hydrogen-bond acceptors (Lipinski definition) is 1. The normalized spacial score (nSPS) is 10.3. The third kappa shape index (κ3) is 3.56. The standard InChI is InChI=1S/C16H16INO/c1-3-12-10-14(17)7-8-15(12)18-16(19)13-6-4-5-11(2)9-13/h4-10H,3H2,1-2H3,(H,18,19). The first kappa shape index (κ1) is 14.1. The average molecular weight is 365 g/mol. The molecular weight excluding hydrogens is 349 g/mol. The summed E-state index contributed by atoms with van der Waals surface area (Å²) in [4.78, 5) is 12.2. The Morgan fingerprint density at radius 1 is 1.21 bits per heavy atom. The molecule has 3 heteroatoms. The largest absolute Gasteiger partial charge is 0.322 e. The summed E-state index contributed by atoms with van der Waals surface area (Å²) in [5.41, 5.74) is 3.84. The molecule has 0 unspecified atom stereocenters. The molecule has 0 bridgehead atoms. The van der Waals surface area contributed by atoms with Crippen LogP contribution in [0.4, 0.5) is 5.69 Å². The Morgan fingerprint density at radius 2 is 2.00 bits per heavy atom. The molecule has 0 atom stereocenters. The van der Waals surface area contributed by atoms with Gasteiger partial charge in [0.05, 0.1) is 0 Å². The smallest absolute Gasteiger partial charge is 0.255 e. The molecule has 0 aliphatic heterocycles. The number of aryl methyl sites for hydroxylation is 2. The highest BCUT2D eigenvalue weighted by Crippen LogP contribution is 2.20. The van der Waals surface area contributed by atoms with E-state index >= 15 is 0 Å². The third-order valence-electron chi connectivity index (χ3n) is 2.98. The van der Waals surface area contributed by atoms with Crippen LogP contribution >= 0.6 is 22.6 Å². The molecule has 0 saturated heterocycles. The molecule has 0 heterocycles. The van der Waals surface area contributed by atoms with Crippen LogP contribution in [0.15, 0.2) is 42.5 Å². The van der Waals surface area contributed by atoms with Crippen molar-refractivity contribution in [2.24, 2.45) is 0 Å². The van der Waals surface area contributed by atoms with Crippen molar-refractivity contribution in [3.63, 3.8) is 0 Å². The number of amides is 1. The van der Waals surface area contributed by atoms with Crippen molar-refractivity contribution >= 4 is 34.2 Å². The van der Waals surface area contributed by atoms with Gasteiger partial charge in [-0.3, -0.25) is 4.79 Å². The van der Waals surface area contributed by atoms with Crippen LogP contribution < -0.4 is 5.32 Å². The minimum absolute atomic E-state index is 0.0559. The Balaban J connectivity index is 2.24. The molecule has 0 radical (unpaired) electrons. The summed E-state index contributed by atoms with van der Waals surface area (Å²) in [5.74, 6) is -0.0559. The summed E-state index contributed by atoms with van der Waals surface area (Å²) >= 11 is 2.28. The first-order valence-corrected chi connectivity index (χ1v) is 7.34. The quantitative estimate of drug-likeness (QED) is 0.802. The fraction of sp³-hybridized carbons (Fsp3) is 0.188. The number of anilines is 1. The van der Waals surface area contributed by atoms with Crippen molar-refractivity contribution < 1.29 is 4.79 Å². The molecule has 0 aliphatic carbocycles. The second-order valence-corrected chi connectivity index (χ2v) is 5.72. The second kappa shape index (κ2) is 6.19. The van der Waals surface area contributed by atoms with Gasteiger partial charge in [0.1, 0.15) is 0 Å². The molecule has 0 aliphatic rings. The maximum absolute atomic E-state index is 12.2. The lowest BCUT2D eigenvalue weighted by atomic mass is 10.1. The van der Waals surface area contributed by atoms with Crippen molar-refractivity contribution in [1.29, 1.82) is 0 Å².